The fourth-order valence-corrected chi connectivity index (χ4v) is 8.03. The zero-order valence-corrected chi connectivity index (χ0v) is 55.6. The summed E-state index contributed by atoms with van der Waals surface area (Å²) in [4.78, 5) is 75.7. The van der Waals surface area contributed by atoms with Crippen molar-refractivity contribution in [1.29, 1.82) is 0 Å². The van der Waals surface area contributed by atoms with Crippen molar-refractivity contribution < 1.29 is 175 Å². The number of aliphatic hydroxyl groups excluding tert-OH is 3. The van der Waals surface area contributed by atoms with Crippen LogP contribution in [0.15, 0.2) is 109 Å². The van der Waals surface area contributed by atoms with E-state index in [4.69, 9.17) is 47.6 Å². The van der Waals surface area contributed by atoms with E-state index in [1.54, 1.807) is 60.6 Å². The summed E-state index contributed by atoms with van der Waals surface area (Å²) in [7, 11) is -5.78. The molecule has 0 spiro atoms. The molecule has 0 saturated heterocycles. The third-order valence-corrected chi connectivity index (χ3v) is 12.4. The summed E-state index contributed by atoms with van der Waals surface area (Å²) in [5, 5.41) is 35.9. The van der Waals surface area contributed by atoms with Crippen LogP contribution in [0.4, 0.5) is 30.0 Å². The van der Waals surface area contributed by atoms with Crippen LogP contribution in [-0.2, 0) is 40.7 Å². The van der Waals surface area contributed by atoms with Crippen LogP contribution in [-0.4, -0.2) is 134 Å². The van der Waals surface area contributed by atoms with Crippen LogP contribution >= 0.6 is 65.8 Å². The van der Waals surface area contributed by atoms with E-state index < -0.39 is 77.0 Å². The number of phosphoric ester groups is 2. The summed E-state index contributed by atoms with van der Waals surface area (Å²) in [5.74, 6) is -0.643. The van der Waals surface area contributed by atoms with Gasteiger partial charge in [0.15, 0.2) is 0 Å². The average Bonchev–Trinajstić information content (AvgIpc) is 3.35. The van der Waals surface area contributed by atoms with E-state index >= 15 is 0 Å². The van der Waals surface area contributed by atoms with Crippen molar-refractivity contribution in [2.24, 2.45) is 0 Å². The maximum Gasteiger partial charge on any atom is 1.00 e. The molecule has 8 N–H and O–H groups in total. The van der Waals surface area contributed by atoms with Crippen LogP contribution in [0, 0.1) is 11.6 Å². The van der Waals surface area contributed by atoms with Crippen molar-refractivity contribution in [3.05, 3.63) is 142 Å². The first-order valence-corrected chi connectivity index (χ1v) is 25.8. The Bertz CT molecular complexity index is 2720. The number of halogens is 4. The van der Waals surface area contributed by atoms with Crippen LogP contribution in [0.3, 0.4) is 0 Å². The number of anilines is 2. The molecule has 82 heavy (non-hydrogen) atoms. The van der Waals surface area contributed by atoms with Gasteiger partial charge in [0, 0.05) is 55.4 Å². The van der Waals surface area contributed by atoms with Crippen molar-refractivity contribution in [2.75, 3.05) is 58.3 Å². The van der Waals surface area contributed by atoms with E-state index in [0.29, 0.717) is 11.1 Å². The predicted octanol–water partition coefficient (Wildman–Crippen LogP) is -1.45. The number of carbonyl (C=O) groups excluding carboxylic acids is 2. The minimum absolute atomic E-state index is 0. The second-order valence-electron chi connectivity index (χ2n) is 16.2. The first-order chi connectivity index (χ1) is 35.0. The molecule has 4 atom stereocenters. The topological polar surface area (TPSA) is 339 Å². The Balaban J connectivity index is -0.000000427. The summed E-state index contributed by atoms with van der Waals surface area (Å²) in [6.07, 6.45) is -1.26. The third kappa shape index (κ3) is 32.4. The maximum atomic E-state index is 13.8. The molecule has 2 heterocycles. The molecule has 0 radical (unpaired) electrons. The second-order valence-corrected chi connectivity index (χ2v) is 19.3. The molecule has 0 saturated carbocycles. The summed E-state index contributed by atoms with van der Waals surface area (Å²) in [5.41, 5.74) is 0.915. The van der Waals surface area contributed by atoms with Gasteiger partial charge in [-0.25, -0.2) is 32.9 Å². The van der Waals surface area contributed by atoms with E-state index in [-0.39, 0.29) is 197 Å². The van der Waals surface area contributed by atoms with Gasteiger partial charge in [-0.15, -0.1) is 0 Å². The number of fused-ring (bicyclic) bond motifs is 2. The number of hydrogen-bond donors (Lipinski definition) is 7. The average molecular weight is 1300 g/mol. The Morgan fingerprint density at radius 3 is 1.30 bits per heavy atom. The maximum absolute atomic E-state index is 13.8. The molecule has 2 amide bonds. The Kier molecular flexibility index (Phi) is 48.6. The van der Waals surface area contributed by atoms with Crippen molar-refractivity contribution in [2.45, 2.75) is 65.1 Å². The molecular formula is C49H67Cl2F2N6Na3O16P2S2. The monoisotopic (exact) mass is 1300 g/mol. The molecule has 6 aromatic rings. The fraction of sp³-hybridized carbons (Fsp3) is 0.347. The number of aliphatic hydroxyl groups is 3. The molecule has 0 bridgehead atoms. The van der Waals surface area contributed by atoms with E-state index in [0.717, 1.165) is 28.7 Å². The Hall–Kier alpha value is -1.64. The van der Waals surface area contributed by atoms with Crippen LogP contribution in [0.2, 0.25) is 10.0 Å². The van der Waals surface area contributed by atoms with Gasteiger partial charge in [-0.1, -0.05) is 111 Å². The Labute approximate surface area is 565 Å². The van der Waals surface area contributed by atoms with Crippen LogP contribution in [0.25, 0.3) is 21.5 Å². The van der Waals surface area contributed by atoms with E-state index in [2.05, 4.69) is 29.6 Å². The summed E-state index contributed by atoms with van der Waals surface area (Å²) >= 11 is 12.1. The molecule has 33 heteroatoms. The van der Waals surface area contributed by atoms with E-state index in [1.165, 1.54) is 24.3 Å². The molecule has 442 valence electrons. The second kappa shape index (κ2) is 44.7. The number of aromatic nitrogens is 2. The van der Waals surface area contributed by atoms with Gasteiger partial charge in [0.05, 0.1) is 43.3 Å². The fourth-order valence-electron chi connectivity index (χ4n) is 6.94. The van der Waals surface area contributed by atoms with Gasteiger partial charge in [0.25, 0.3) is 0 Å². The smallest absolute Gasteiger partial charge is 0.870 e. The molecule has 2 aromatic heterocycles. The number of carbonyl (C=O) groups is 2. The van der Waals surface area contributed by atoms with E-state index in [1.807, 2.05) is 48.5 Å². The van der Waals surface area contributed by atoms with Gasteiger partial charge in [0.1, 0.15) is 36.5 Å². The first-order valence-electron chi connectivity index (χ1n) is 22.0. The number of phosphoric acid groups is 2. The molecule has 0 unspecified atom stereocenters. The molecule has 22 nitrogen and oxygen atoms in total. The standard InChI is InChI=1S/2C23H26ClFN3O7P.CH4O.2CH4.3Na.H2O.2H2S/c2*1-28(12-17-7-4-8-20(25)22(17)24)18(10-19(29)14-35-36(31,32)33)13-34-23(30)27-21-9-15-5-2-3-6-16(15)11-26-21;1-2;;;;;;;;/h2*2-9,11,18-19,29H,10,12-14H2,1H3,(H,26,27,30)(H2,31,32,33);2H,1H3;2*1H4;;;;3*1H2/q;;;;;3*+1;;;/p-3/t2*18-,19+;;;;;;;;;/m00........./s1. The number of nitrogens with one attached hydrogen (secondary N) is 2. The predicted molar refractivity (Wildman–Crippen MR) is 304 cm³/mol. The molecule has 0 aliphatic carbocycles. The number of rotatable bonds is 22. The molecular weight excluding hydrogens is 1230 g/mol. The summed E-state index contributed by atoms with van der Waals surface area (Å²) in [6.45, 7) is -1.59. The number of ether oxygens (including phenoxy) is 2. The Morgan fingerprint density at radius 2 is 0.963 bits per heavy atom. The molecule has 0 fully saturated rings. The van der Waals surface area contributed by atoms with Gasteiger partial charge in [-0.05, 0) is 73.1 Å². The van der Waals surface area contributed by atoms with Gasteiger partial charge in [-0.2, -0.15) is 27.0 Å². The van der Waals surface area contributed by atoms with Gasteiger partial charge >= 0.3 is 109 Å². The quantitative estimate of drug-likeness (QED) is 0.0302. The SMILES string of the molecule is C.C.CN(Cc1cccc(F)c1Cl)[C@H](COC(=O)Nc1cc2ccccc2cn1)C[C@@H](O)COP(=O)(O)O.CN(Cc1cccc(F)c1Cl)[C@H](COC(=O)Nc1cc2ccccc2cn1)C[C@@H](O)COP(=O)([O-])[O-].CO.S.S.[Na+].[Na+].[Na+].[OH-]. The third-order valence-electron chi connectivity index (χ3n) is 10.6. The number of amides is 2. The minimum atomic E-state index is -5.28. The number of pyridine rings is 2. The molecule has 0 aliphatic rings. The Morgan fingerprint density at radius 1 is 0.622 bits per heavy atom. The number of likely N-dealkylation sites (N-methyl/N-ethyl adjacent to an activating group) is 2. The zero-order valence-electron chi connectivity index (χ0n) is 44.3. The first kappa shape index (κ1) is 89.1. The van der Waals surface area contributed by atoms with Crippen molar-refractivity contribution in [1.82, 2.24) is 19.8 Å². The van der Waals surface area contributed by atoms with Gasteiger partial charge in [0.2, 0.25) is 0 Å². The van der Waals surface area contributed by atoms with Crippen LogP contribution in [0.1, 0.15) is 38.8 Å². The summed E-state index contributed by atoms with van der Waals surface area (Å²) in [6, 6.07) is 25.7. The van der Waals surface area contributed by atoms with E-state index in [9.17, 15) is 47.5 Å². The van der Waals surface area contributed by atoms with Crippen molar-refractivity contribution in [3.63, 3.8) is 0 Å². The molecule has 6 rings (SSSR count). The minimum Gasteiger partial charge on any atom is -0.870 e. The van der Waals surface area contributed by atoms with Crippen molar-refractivity contribution >= 4 is 111 Å². The number of nitrogens with zero attached hydrogens (tertiary/aromatic N) is 4. The summed E-state index contributed by atoms with van der Waals surface area (Å²) < 4.78 is 68.5. The van der Waals surface area contributed by atoms with Crippen LogP contribution < -0.4 is 109 Å². The largest absolute Gasteiger partial charge is 1.00 e. The van der Waals surface area contributed by atoms with Gasteiger partial charge in [-0.3, -0.25) is 25.0 Å². The van der Waals surface area contributed by atoms with Gasteiger partial charge < -0.3 is 58.9 Å². The molecule has 4 aromatic carbocycles. The zero-order chi connectivity index (χ0) is 54.6. The number of hydrogen-bond acceptors (Lipinski definition) is 18. The van der Waals surface area contributed by atoms with Crippen LogP contribution in [0.5, 0.6) is 0 Å². The normalized spacial score (nSPS) is 12.0. The molecule has 0 aliphatic heterocycles. The van der Waals surface area contributed by atoms with Crippen molar-refractivity contribution in [3.8, 4) is 0 Å². The number of benzene rings is 4.